The fourth-order valence-corrected chi connectivity index (χ4v) is 0.658. The van der Waals surface area contributed by atoms with Crippen molar-refractivity contribution in [3.63, 3.8) is 0 Å². The summed E-state index contributed by atoms with van der Waals surface area (Å²) >= 11 is 0. The molecule has 10 N–H and O–H groups in total. The zero-order valence-corrected chi connectivity index (χ0v) is 13.6. The van der Waals surface area contributed by atoms with Crippen molar-refractivity contribution in [3.05, 3.63) is 30.6 Å². The molecule has 0 amide bonds. The summed E-state index contributed by atoms with van der Waals surface area (Å²) in [4.78, 5) is 16.5. The molecule has 23 heavy (non-hydrogen) atoms. The SMILES string of the molecule is NCCNCCN.NCCNCCN.O=[N+]([O-])[O-].O=[N+]([O-])[O-].[Ni+2]. The van der Waals surface area contributed by atoms with Crippen molar-refractivity contribution in [1.29, 1.82) is 0 Å². The monoisotopic (exact) mass is 388 g/mol. The second-order valence-electron chi connectivity index (χ2n) is 3.10. The molecule has 0 aliphatic carbocycles. The maximum atomic E-state index is 8.25. The van der Waals surface area contributed by atoms with Crippen molar-refractivity contribution in [2.24, 2.45) is 22.9 Å². The molecule has 0 aromatic rings. The van der Waals surface area contributed by atoms with Gasteiger partial charge in [0.15, 0.2) is 0 Å². The van der Waals surface area contributed by atoms with Crippen LogP contribution >= 0.6 is 0 Å². The summed E-state index contributed by atoms with van der Waals surface area (Å²) in [5.41, 5.74) is 20.7. The van der Waals surface area contributed by atoms with Gasteiger partial charge < -0.3 is 64.2 Å². The molecule has 0 unspecified atom stereocenters. The molecule has 0 heterocycles. The van der Waals surface area contributed by atoms with Gasteiger partial charge in [-0.1, -0.05) is 0 Å². The zero-order valence-electron chi connectivity index (χ0n) is 12.6. The topological polar surface area (TPSA) is 261 Å². The Balaban J connectivity index is -0.0000000639. The van der Waals surface area contributed by atoms with Gasteiger partial charge in [0, 0.05) is 52.4 Å². The molecule has 0 saturated carbocycles. The second-order valence-corrected chi connectivity index (χ2v) is 3.10. The third kappa shape index (κ3) is 162. The van der Waals surface area contributed by atoms with E-state index >= 15 is 0 Å². The Labute approximate surface area is 144 Å². The van der Waals surface area contributed by atoms with E-state index in [1.165, 1.54) is 0 Å². The van der Waals surface area contributed by atoms with Crippen molar-refractivity contribution < 1.29 is 26.7 Å². The van der Waals surface area contributed by atoms with E-state index in [1.807, 2.05) is 0 Å². The van der Waals surface area contributed by atoms with Gasteiger partial charge in [-0.05, 0) is 0 Å². The maximum Gasteiger partial charge on any atom is 2.00 e. The quantitative estimate of drug-likeness (QED) is 0.102. The minimum atomic E-state index is -1.75. The van der Waals surface area contributed by atoms with Crippen LogP contribution in [0.1, 0.15) is 0 Å². The summed E-state index contributed by atoms with van der Waals surface area (Å²) in [6.07, 6.45) is 0. The van der Waals surface area contributed by atoms with Crippen LogP contribution in [0.25, 0.3) is 0 Å². The molecule has 0 aromatic heterocycles. The average Bonchev–Trinajstić information content (AvgIpc) is 2.39. The second kappa shape index (κ2) is 37.2. The van der Waals surface area contributed by atoms with Gasteiger partial charge in [0.1, 0.15) is 0 Å². The van der Waals surface area contributed by atoms with Crippen LogP contribution in [0.3, 0.4) is 0 Å². The predicted molar refractivity (Wildman–Crippen MR) is 82.7 cm³/mol. The van der Waals surface area contributed by atoms with E-state index in [0.29, 0.717) is 26.2 Å². The molecule has 0 atom stereocenters. The Morgan fingerprint density at radius 3 is 0.826 bits per heavy atom. The van der Waals surface area contributed by atoms with E-state index in [-0.39, 0.29) is 16.5 Å². The Morgan fingerprint density at radius 1 is 0.609 bits per heavy atom. The van der Waals surface area contributed by atoms with Gasteiger partial charge >= 0.3 is 16.5 Å². The molecule has 0 spiro atoms. The molecule has 0 fully saturated rings. The van der Waals surface area contributed by atoms with Crippen LogP contribution < -0.4 is 33.6 Å². The van der Waals surface area contributed by atoms with Crippen LogP contribution in [0.4, 0.5) is 0 Å². The summed E-state index contributed by atoms with van der Waals surface area (Å²) in [5, 5.41) is 35.6. The van der Waals surface area contributed by atoms with Gasteiger partial charge in [0.05, 0.1) is 10.2 Å². The van der Waals surface area contributed by atoms with E-state index in [1.54, 1.807) is 0 Å². The Hall–Kier alpha value is -1.35. The molecule has 0 rings (SSSR count). The number of hydrogen-bond donors (Lipinski definition) is 6. The van der Waals surface area contributed by atoms with Crippen molar-refractivity contribution in [1.82, 2.24) is 10.6 Å². The molecule has 144 valence electrons. The number of rotatable bonds is 8. The Morgan fingerprint density at radius 2 is 0.739 bits per heavy atom. The first-order chi connectivity index (χ1) is 10.3. The minimum Gasteiger partial charge on any atom is -0.356 e. The van der Waals surface area contributed by atoms with Crippen molar-refractivity contribution in [3.8, 4) is 0 Å². The first-order valence-corrected chi connectivity index (χ1v) is 6.14. The molecular formula is C8H26N8NiO6. The predicted octanol–water partition coefficient (Wildman–Crippen LogP) is -3.49. The van der Waals surface area contributed by atoms with Gasteiger partial charge in [-0.25, -0.2) is 0 Å². The zero-order chi connectivity index (χ0) is 18.2. The summed E-state index contributed by atoms with van der Waals surface area (Å²) in [7, 11) is 0. The first kappa shape index (κ1) is 33.3. The van der Waals surface area contributed by atoms with Gasteiger partial charge in [0.2, 0.25) is 0 Å². The summed E-state index contributed by atoms with van der Waals surface area (Å²) in [6, 6.07) is 0. The Kier molecular flexibility index (Phi) is 53.8. The average molecular weight is 389 g/mol. The number of nitrogens with one attached hydrogen (secondary N) is 2. The van der Waals surface area contributed by atoms with Crippen LogP contribution in [0.5, 0.6) is 0 Å². The molecule has 0 bridgehead atoms. The Bertz CT molecular complexity index is 191. The van der Waals surface area contributed by atoms with E-state index < -0.39 is 10.2 Å². The molecular weight excluding hydrogens is 363 g/mol. The maximum absolute atomic E-state index is 8.25. The molecule has 0 aliphatic heterocycles. The minimum absolute atomic E-state index is 0. The first-order valence-electron chi connectivity index (χ1n) is 6.14. The fourth-order valence-electron chi connectivity index (χ4n) is 0.658. The molecule has 0 aliphatic rings. The van der Waals surface area contributed by atoms with E-state index in [9.17, 15) is 0 Å². The summed E-state index contributed by atoms with van der Waals surface area (Å²) in [6.45, 7) is 6.27. The summed E-state index contributed by atoms with van der Waals surface area (Å²) in [5.74, 6) is 0. The van der Waals surface area contributed by atoms with Crippen LogP contribution in [0.15, 0.2) is 0 Å². The van der Waals surface area contributed by atoms with Crippen molar-refractivity contribution >= 4 is 0 Å². The van der Waals surface area contributed by atoms with Crippen molar-refractivity contribution in [2.45, 2.75) is 0 Å². The number of nitrogens with two attached hydrogens (primary N) is 4. The van der Waals surface area contributed by atoms with Gasteiger partial charge in [-0.3, -0.25) is 0 Å². The van der Waals surface area contributed by atoms with E-state index in [4.69, 9.17) is 53.6 Å². The van der Waals surface area contributed by atoms with Crippen molar-refractivity contribution in [2.75, 3.05) is 52.4 Å². The largest absolute Gasteiger partial charge is 2.00 e. The van der Waals surface area contributed by atoms with Crippen LogP contribution in [0.2, 0.25) is 0 Å². The molecule has 0 saturated heterocycles. The molecule has 0 aromatic carbocycles. The standard InChI is InChI=1S/2C4H13N3.2NO3.Ni/c2*5-1-3-7-4-2-6;2*2-1(3)4;/h2*7H,1-6H2;;;/q;;2*-1;+2. The fraction of sp³-hybridized carbons (Fsp3) is 1.00. The van der Waals surface area contributed by atoms with Crippen LogP contribution in [0, 0.1) is 30.6 Å². The van der Waals surface area contributed by atoms with Crippen LogP contribution in [-0.4, -0.2) is 62.5 Å². The summed E-state index contributed by atoms with van der Waals surface area (Å²) < 4.78 is 0. The van der Waals surface area contributed by atoms with Gasteiger partial charge in [-0.15, -0.1) is 0 Å². The third-order valence-electron chi connectivity index (χ3n) is 1.28. The third-order valence-corrected chi connectivity index (χ3v) is 1.28. The van der Waals surface area contributed by atoms with Gasteiger partial charge in [-0.2, -0.15) is 0 Å². The van der Waals surface area contributed by atoms with Gasteiger partial charge in [0.25, 0.3) is 0 Å². The number of hydrogen-bond acceptors (Lipinski definition) is 12. The smallest absolute Gasteiger partial charge is 0.356 e. The van der Waals surface area contributed by atoms with E-state index in [2.05, 4.69) is 10.6 Å². The normalized spacial score (nSPS) is 7.83. The van der Waals surface area contributed by atoms with Crippen LogP contribution in [-0.2, 0) is 16.5 Å². The molecule has 0 radical (unpaired) electrons. The van der Waals surface area contributed by atoms with E-state index in [0.717, 1.165) is 26.2 Å². The molecule has 15 heteroatoms. The number of nitrogens with zero attached hydrogens (tertiary/aromatic N) is 2. The molecule has 14 nitrogen and oxygen atoms in total.